The van der Waals surface area contributed by atoms with Crippen LogP contribution in [0.4, 0.5) is 0 Å². The highest BCUT2D eigenvalue weighted by molar-refractivity contribution is 5.90. The first kappa shape index (κ1) is 21.4. The predicted molar refractivity (Wildman–Crippen MR) is 115 cm³/mol. The molecular formula is C25H35NO4. The van der Waals surface area contributed by atoms with Crippen LogP contribution in [-0.4, -0.2) is 49.2 Å². The van der Waals surface area contributed by atoms with Crippen molar-refractivity contribution in [2.24, 2.45) is 11.8 Å². The van der Waals surface area contributed by atoms with Gasteiger partial charge in [-0.1, -0.05) is 19.9 Å². The number of carbonyl (C=O) groups excluding carboxylic acids is 2. The molecule has 5 nitrogen and oxygen atoms in total. The molecule has 1 aromatic rings. The van der Waals surface area contributed by atoms with E-state index in [1.165, 1.54) is 11.1 Å². The van der Waals surface area contributed by atoms with Gasteiger partial charge in [0.25, 0.3) is 0 Å². The number of nitrogens with zero attached hydrogens (tertiary/aromatic N) is 1. The summed E-state index contributed by atoms with van der Waals surface area (Å²) in [6.07, 6.45) is 5.96. The van der Waals surface area contributed by atoms with Crippen LogP contribution in [0.5, 0.6) is 0 Å². The number of methoxy groups -OCH3 is 1. The highest BCUT2D eigenvalue weighted by Gasteiger charge is 2.50. The molecule has 4 rings (SSSR count). The zero-order valence-electron chi connectivity index (χ0n) is 18.8. The molecule has 1 saturated carbocycles. The number of benzene rings is 1. The third kappa shape index (κ3) is 3.55. The van der Waals surface area contributed by atoms with Gasteiger partial charge < -0.3 is 14.4 Å². The molecule has 0 unspecified atom stereocenters. The van der Waals surface area contributed by atoms with E-state index in [1.54, 1.807) is 7.11 Å². The number of fused-ring (bicyclic) bond motifs is 4. The van der Waals surface area contributed by atoms with E-state index in [0.717, 1.165) is 45.1 Å². The fourth-order valence-corrected chi connectivity index (χ4v) is 6.01. The van der Waals surface area contributed by atoms with Crippen LogP contribution in [0.2, 0.25) is 0 Å². The van der Waals surface area contributed by atoms with Crippen LogP contribution >= 0.6 is 0 Å². The smallest absolute Gasteiger partial charge is 0.338 e. The number of piperidine rings is 1. The Morgan fingerprint density at radius 3 is 2.60 bits per heavy atom. The van der Waals surface area contributed by atoms with E-state index in [9.17, 15) is 9.59 Å². The molecule has 0 radical (unpaired) electrons. The van der Waals surface area contributed by atoms with E-state index < -0.39 is 0 Å². The molecular weight excluding hydrogens is 378 g/mol. The number of hydrogen-bond acceptors (Lipinski definition) is 4. The Bertz CT molecular complexity index is 813. The van der Waals surface area contributed by atoms with Crippen LogP contribution in [-0.2, 0) is 26.1 Å². The molecule has 164 valence electrons. The monoisotopic (exact) mass is 413 g/mol. The Morgan fingerprint density at radius 2 is 1.93 bits per heavy atom. The van der Waals surface area contributed by atoms with Crippen LogP contribution in [0.1, 0.15) is 74.4 Å². The van der Waals surface area contributed by atoms with E-state index in [0.29, 0.717) is 30.1 Å². The number of ether oxygens (including phenoxy) is 2. The van der Waals surface area contributed by atoms with Crippen molar-refractivity contribution in [3.8, 4) is 0 Å². The fourth-order valence-electron chi connectivity index (χ4n) is 6.01. The first-order chi connectivity index (χ1) is 14.4. The van der Waals surface area contributed by atoms with E-state index in [1.807, 2.05) is 19.1 Å². The second-order valence-electron chi connectivity index (χ2n) is 9.56. The summed E-state index contributed by atoms with van der Waals surface area (Å²) in [6, 6.07) is 6.24. The summed E-state index contributed by atoms with van der Waals surface area (Å²) >= 11 is 0. The molecule has 1 heterocycles. The lowest BCUT2D eigenvalue weighted by molar-refractivity contribution is -0.145. The number of amides is 1. The lowest BCUT2D eigenvalue weighted by Gasteiger charge is -2.55. The second-order valence-corrected chi connectivity index (χ2v) is 9.56. The first-order valence-electron chi connectivity index (χ1n) is 11.5. The van der Waals surface area contributed by atoms with Gasteiger partial charge in [-0.2, -0.15) is 0 Å². The van der Waals surface area contributed by atoms with Crippen LogP contribution in [0.3, 0.4) is 0 Å². The number of carbonyl (C=O) groups is 2. The quantitative estimate of drug-likeness (QED) is 0.697. The highest BCUT2D eigenvalue weighted by atomic mass is 16.5. The van der Waals surface area contributed by atoms with Crippen LogP contribution in [0, 0.1) is 11.8 Å². The SMILES string of the molecule is CCOC(=O)c1ccc2c(c1)[C@]1(C)CCN(C(=O)C3CCC(OC)CC3)[C@H](C2)[C@H]1C. The summed E-state index contributed by atoms with van der Waals surface area (Å²) in [4.78, 5) is 27.9. The Balaban J connectivity index is 1.56. The van der Waals surface area contributed by atoms with Crippen molar-refractivity contribution in [1.29, 1.82) is 0 Å². The van der Waals surface area contributed by atoms with E-state index in [2.05, 4.69) is 24.8 Å². The van der Waals surface area contributed by atoms with Crippen LogP contribution < -0.4 is 0 Å². The molecule has 1 amide bonds. The maximum atomic E-state index is 13.4. The standard InChI is InChI=1S/C25H35NO4/c1-5-30-24(28)19-7-6-18-15-22-16(2)25(3,21(18)14-19)12-13-26(22)23(27)17-8-10-20(29-4)11-9-17/h6-7,14,16-17,20,22H,5,8-13,15H2,1-4H3/t16-,17?,20?,22-,25-/m1/s1. The number of rotatable bonds is 4. The number of likely N-dealkylation sites (tertiary alicyclic amines) is 1. The van der Waals surface area contributed by atoms with Crippen LogP contribution in [0.25, 0.3) is 0 Å². The van der Waals surface area contributed by atoms with Gasteiger partial charge in [-0.05, 0) is 80.0 Å². The molecule has 1 aliphatic heterocycles. The molecule has 1 saturated heterocycles. The first-order valence-corrected chi connectivity index (χ1v) is 11.5. The van der Waals surface area contributed by atoms with Gasteiger partial charge in [0.1, 0.15) is 0 Å². The lowest BCUT2D eigenvalue weighted by atomic mass is 9.58. The van der Waals surface area contributed by atoms with Crippen molar-refractivity contribution in [2.75, 3.05) is 20.3 Å². The van der Waals surface area contributed by atoms with Gasteiger partial charge in [-0.3, -0.25) is 4.79 Å². The molecule has 30 heavy (non-hydrogen) atoms. The van der Waals surface area contributed by atoms with Crippen molar-refractivity contribution in [1.82, 2.24) is 4.90 Å². The van der Waals surface area contributed by atoms with Gasteiger partial charge in [0.15, 0.2) is 0 Å². The van der Waals surface area contributed by atoms with Crippen molar-refractivity contribution in [3.63, 3.8) is 0 Å². The Labute approximate surface area is 180 Å². The minimum absolute atomic E-state index is 0.0226. The summed E-state index contributed by atoms with van der Waals surface area (Å²) < 4.78 is 10.7. The summed E-state index contributed by atoms with van der Waals surface area (Å²) in [5.74, 6) is 0.587. The third-order valence-electron chi connectivity index (χ3n) is 8.16. The lowest BCUT2D eigenvalue weighted by Crippen LogP contribution is -2.60. The topological polar surface area (TPSA) is 55.8 Å². The zero-order chi connectivity index (χ0) is 21.5. The maximum Gasteiger partial charge on any atom is 0.338 e. The van der Waals surface area contributed by atoms with Gasteiger partial charge in [-0.15, -0.1) is 0 Å². The van der Waals surface area contributed by atoms with Crippen molar-refractivity contribution < 1.29 is 19.1 Å². The van der Waals surface area contributed by atoms with Gasteiger partial charge >= 0.3 is 5.97 Å². The average molecular weight is 414 g/mol. The summed E-state index contributed by atoms with van der Waals surface area (Å²) in [6.45, 7) is 7.61. The van der Waals surface area contributed by atoms with Gasteiger partial charge in [0.2, 0.25) is 5.91 Å². The minimum atomic E-state index is -0.252. The molecule has 3 aliphatic rings. The fraction of sp³-hybridized carbons (Fsp3) is 0.680. The second kappa shape index (κ2) is 8.33. The van der Waals surface area contributed by atoms with Crippen molar-refractivity contribution in [2.45, 2.75) is 76.9 Å². The molecule has 0 N–H and O–H groups in total. The Morgan fingerprint density at radius 1 is 1.20 bits per heavy atom. The van der Waals surface area contributed by atoms with Crippen molar-refractivity contribution >= 4 is 11.9 Å². The van der Waals surface area contributed by atoms with E-state index >= 15 is 0 Å². The Hall–Kier alpha value is -1.88. The minimum Gasteiger partial charge on any atom is -0.462 e. The zero-order valence-corrected chi connectivity index (χ0v) is 18.8. The third-order valence-corrected chi connectivity index (χ3v) is 8.16. The molecule has 2 fully saturated rings. The largest absolute Gasteiger partial charge is 0.462 e. The summed E-state index contributed by atoms with van der Waals surface area (Å²) in [5, 5.41) is 0. The molecule has 2 aliphatic carbocycles. The summed E-state index contributed by atoms with van der Waals surface area (Å²) in [5.41, 5.74) is 3.15. The maximum absolute atomic E-state index is 13.4. The highest BCUT2D eigenvalue weighted by Crippen LogP contribution is 2.49. The predicted octanol–water partition coefficient (Wildman–Crippen LogP) is 4.12. The van der Waals surface area contributed by atoms with Gasteiger partial charge in [-0.25, -0.2) is 4.79 Å². The molecule has 3 atom stereocenters. The number of hydrogen-bond donors (Lipinski definition) is 0. The van der Waals surface area contributed by atoms with E-state index in [-0.39, 0.29) is 23.3 Å². The van der Waals surface area contributed by atoms with Gasteiger partial charge in [0, 0.05) is 25.6 Å². The average Bonchev–Trinajstić information content (AvgIpc) is 2.76. The van der Waals surface area contributed by atoms with E-state index in [4.69, 9.17) is 9.47 Å². The number of esters is 1. The molecule has 0 aromatic heterocycles. The molecule has 2 bridgehead atoms. The molecule has 5 heteroatoms. The molecule has 1 aromatic carbocycles. The Kier molecular flexibility index (Phi) is 5.93. The van der Waals surface area contributed by atoms with Gasteiger partial charge in [0.05, 0.1) is 18.3 Å². The molecule has 0 spiro atoms. The normalized spacial score (nSPS) is 33.0. The summed E-state index contributed by atoms with van der Waals surface area (Å²) in [7, 11) is 1.77. The van der Waals surface area contributed by atoms with Crippen LogP contribution in [0.15, 0.2) is 18.2 Å². The van der Waals surface area contributed by atoms with Crippen molar-refractivity contribution in [3.05, 3.63) is 34.9 Å².